The fraction of sp³-hybridized carbons (Fsp3) is 0.133. The molecule has 2 heterocycles. The van der Waals surface area contributed by atoms with Gasteiger partial charge in [-0.05, 0) is 34.1 Å². The highest BCUT2D eigenvalue weighted by molar-refractivity contribution is 9.18. The summed E-state index contributed by atoms with van der Waals surface area (Å²) in [4.78, 5) is 21.8. The zero-order chi connectivity index (χ0) is 16.4. The third-order valence-corrected chi connectivity index (χ3v) is 3.98. The summed E-state index contributed by atoms with van der Waals surface area (Å²) in [5.74, 6) is -0.296. The lowest BCUT2D eigenvalue weighted by Crippen LogP contribution is -2.15. The average molecular weight is 397 g/mol. The highest BCUT2D eigenvalue weighted by atomic mass is 79.9. The van der Waals surface area contributed by atoms with E-state index in [1.165, 1.54) is 0 Å². The number of ether oxygens (including phenoxy) is 1. The summed E-state index contributed by atoms with van der Waals surface area (Å²) < 4.78 is 5.91. The smallest absolute Gasteiger partial charge is 0.363 e. The van der Waals surface area contributed by atoms with E-state index in [2.05, 4.69) is 26.1 Å². The molecule has 8 heteroatoms. The quantitative estimate of drug-likeness (QED) is 0.631. The second-order valence-electron chi connectivity index (χ2n) is 4.77. The highest BCUT2D eigenvalue weighted by Crippen LogP contribution is 2.32. The third kappa shape index (κ3) is 3.46. The minimum Gasteiger partial charge on any atom is -0.422 e. The van der Waals surface area contributed by atoms with Crippen LogP contribution < -0.4 is 10.5 Å². The Morgan fingerprint density at radius 2 is 2.13 bits per heavy atom. The molecule has 1 aromatic heterocycles. The molecule has 2 N–H and O–H groups in total. The van der Waals surface area contributed by atoms with Crippen LogP contribution in [0.15, 0.2) is 41.6 Å². The van der Waals surface area contributed by atoms with Crippen LogP contribution in [0.5, 0.6) is 5.75 Å². The molecule has 0 saturated heterocycles. The predicted molar refractivity (Wildman–Crippen MR) is 89.9 cm³/mol. The Hall–Kier alpha value is -2.12. The lowest BCUT2D eigenvalue weighted by molar-refractivity contribution is 0.0719. The van der Waals surface area contributed by atoms with Crippen LogP contribution in [0.2, 0.25) is 5.02 Å². The minimum absolute atomic E-state index is 0.0488. The van der Waals surface area contributed by atoms with E-state index in [1.54, 1.807) is 30.3 Å². The molecular formula is C15H11BrClN3O3. The maximum atomic E-state index is 12.3. The van der Waals surface area contributed by atoms with Gasteiger partial charge in [0.25, 0.3) is 0 Å². The van der Waals surface area contributed by atoms with E-state index in [4.69, 9.17) is 26.9 Å². The van der Waals surface area contributed by atoms with Gasteiger partial charge in [0.15, 0.2) is 11.8 Å². The Morgan fingerprint density at radius 1 is 1.39 bits per heavy atom. The van der Waals surface area contributed by atoms with Crippen LogP contribution in [0.3, 0.4) is 0 Å². The molecule has 0 spiro atoms. The summed E-state index contributed by atoms with van der Waals surface area (Å²) >= 11 is 9.34. The molecule has 118 valence electrons. The molecule has 1 atom stereocenters. The second-order valence-corrected chi connectivity index (χ2v) is 6.06. The number of carbonyl (C=O) groups excluding carboxylic acids is 1. The molecule has 1 unspecified atom stereocenters. The van der Waals surface area contributed by atoms with Crippen molar-refractivity contribution in [2.24, 2.45) is 5.16 Å². The number of halogens is 2. The van der Waals surface area contributed by atoms with E-state index >= 15 is 0 Å². The number of nitrogens with zero attached hydrogens (tertiary/aromatic N) is 2. The van der Waals surface area contributed by atoms with Gasteiger partial charge in [-0.25, -0.2) is 9.78 Å². The van der Waals surface area contributed by atoms with Crippen molar-refractivity contribution in [1.82, 2.24) is 4.98 Å². The molecule has 1 aliphatic rings. The molecule has 3 rings (SSSR count). The molecular weight excluding hydrogens is 386 g/mol. The summed E-state index contributed by atoms with van der Waals surface area (Å²) in [5.41, 5.74) is 6.50. The Balaban J connectivity index is 1.89. The molecule has 0 bridgehead atoms. The van der Waals surface area contributed by atoms with Crippen LogP contribution in [-0.4, -0.2) is 15.6 Å². The van der Waals surface area contributed by atoms with Crippen LogP contribution in [0.4, 0.5) is 5.69 Å². The summed E-state index contributed by atoms with van der Waals surface area (Å²) in [6, 6.07) is 10.2. The van der Waals surface area contributed by atoms with Gasteiger partial charge in [-0.1, -0.05) is 35.0 Å². The minimum atomic E-state index is -0.687. The van der Waals surface area contributed by atoms with Gasteiger partial charge in [0, 0.05) is 6.42 Å². The SMILES string of the molecule is Nc1cc(C2CC(Br)=NO2)nc(C(=O)Oc2ccccc2)c1Cl. The van der Waals surface area contributed by atoms with Crippen molar-refractivity contribution in [3.63, 3.8) is 0 Å². The lowest BCUT2D eigenvalue weighted by Gasteiger charge is -2.12. The third-order valence-electron chi connectivity index (χ3n) is 3.12. The molecule has 0 aliphatic carbocycles. The summed E-state index contributed by atoms with van der Waals surface area (Å²) in [7, 11) is 0. The number of nitrogen functional groups attached to an aromatic ring is 1. The molecule has 6 nitrogen and oxygen atoms in total. The van der Waals surface area contributed by atoms with Crippen LogP contribution in [-0.2, 0) is 4.84 Å². The normalized spacial score (nSPS) is 16.6. The molecule has 23 heavy (non-hydrogen) atoms. The van der Waals surface area contributed by atoms with Gasteiger partial charge in [-0.15, -0.1) is 0 Å². The van der Waals surface area contributed by atoms with Gasteiger partial charge in [0.05, 0.1) is 16.4 Å². The monoisotopic (exact) mass is 395 g/mol. The molecule has 1 aromatic carbocycles. The van der Waals surface area contributed by atoms with Gasteiger partial charge < -0.3 is 15.3 Å². The molecule has 2 aromatic rings. The first kappa shape index (κ1) is 15.8. The van der Waals surface area contributed by atoms with Crippen molar-refractivity contribution in [2.45, 2.75) is 12.5 Å². The molecule has 1 aliphatic heterocycles. The van der Waals surface area contributed by atoms with Crippen molar-refractivity contribution in [2.75, 3.05) is 5.73 Å². The number of carbonyl (C=O) groups is 1. The van der Waals surface area contributed by atoms with Crippen molar-refractivity contribution in [3.8, 4) is 5.75 Å². The summed E-state index contributed by atoms with van der Waals surface area (Å²) in [6.07, 6.45) is 0.0774. The van der Waals surface area contributed by atoms with E-state index in [1.807, 2.05) is 6.07 Å². The number of para-hydroxylation sites is 1. The zero-order valence-electron chi connectivity index (χ0n) is 11.7. The van der Waals surface area contributed by atoms with Gasteiger partial charge in [-0.2, -0.15) is 0 Å². The number of hydrogen-bond acceptors (Lipinski definition) is 6. The molecule has 0 radical (unpaired) electrons. The number of anilines is 1. The summed E-state index contributed by atoms with van der Waals surface area (Å²) in [6.45, 7) is 0. The van der Waals surface area contributed by atoms with Crippen LogP contribution in [0, 0.1) is 0 Å². The van der Waals surface area contributed by atoms with Crippen LogP contribution in [0.1, 0.15) is 28.7 Å². The lowest BCUT2D eigenvalue weighted by atomic mass is 10.1. The first-order chi connectivity index (χ1) is 11.0. The first-order valence-corrected chi connectivity index (χ1v) is 7.83. The molecule has 0 amide bonds. The van der Waals surface area contributed by atoms with Gasteiger partial charge in [-0.3, -0.25) is 0 Å². The van der Waals surface area contributed by atoms with Crippen LogP contribution in [0.25, 0.3) is 0 Å². The van der Waals surface area contributed by atoms with Gasteiger partial charge in [0.1, 0.15) is 10.4 Å². The number of hydrogen-bond donors (Lipinski definition) is 1. The number of rotatable bonds is 3. The van der Waals surface area contributed by atoms with Crippen LogP contribution >= 0.6 is 27.5 Å². The van der Waals surface area contributed by atoms with E-state index < -0.39 is 12.1 Å². The van der Waals surface area contributed by atoms with E-state index in [-0.39, 0.29) is 16.4 Å². The first-order valence-electron chi connectivity index (χ1n) is 6.66. The van der Waals surface area contributed by atoms with Crippen molar-refractivity contribution >= 4 is 43.8 Å². The second kappa shape index (κ2) is 6.55. The average Bonchev–Trinajstić information content (AvgIpc) is 2.97. The highest BCUT2D eigenvalue weighted by Gasteiger charge is 2.26. The maximum absolute atomic E-state index is 12.3. The van der Waals surface area contributed by atoms with E-state index in [0.29, 0.717) is 22.5 Å². The Labute approximate surface area is 145 Å². The Morgan fingerprint density at radius 3 is 2.78 bits per heavy atom. The zero-order valence-corrected chi connectivity index (χ0v) is 14.0. The molecule has 0 fully saturated rings. The summed E-state index contributed by atoms with van der Waals surface area (Å²) in [5, 5.41) is 3.84. The number of nitrogens with two attached hydrogens (primary N) is 1. The predicted octanol–water partition coefficient (Wildman–Crippen LogP) is 3.71. The molecule has 0 saturated carbocycles. The fourth-order valence-electron chi connectivity index (χ4n) is 2.02. The van der Waals surface area contributed by atoms with Crippen molar-refractivity contribution < 1.29 is 14.4 Å². The van der Waals surface area contributed by atoms with Gasteiger partial charge in [0.2, 0.25) is 0 Å². The number of aromatic nitrogens is 1. The van der Waals surface area contributed by atoms with Crippen molar-refractivity contribution in [1.29, 1.82) is 0 Å². The van der Waals surface area contributed by atoms with E-state index in [0.717, 1.165) is 0 Å². The van der Waals surface area contributed by atoms with Crippen molar-refractivity contribution in [3.05, 3.63) is 52.8 Å². The van der Waals surface area contributed by atoms with E-state index in [9.17, 15) is 4.79 Å². The largest absolute Gasteiger partial charge is 0.422 e. The standard InChI is InChI=1S/C15H11BrClN3O3/c16-12-7-11(23-20-12)10-6-9(18)13(17)14(19-10)15(21)22-8-4-2-1-3-5-8/h1-6,11H,7H2,(H2,18,19). The Bertz CT molecular complexity index is 783. The number of benzene rings is 1. The van der Waals surface area contributed by atoms with Gasteiger partial charge >= 0.3 is 5.97 Å². The fourth-order valence-corrected chi connectivity index (χ4v) is 2.57. The topological polar surface area (TPSA) is 86.8 Å². The maximum Gasteiger partial charge on any atom is 0.363 e. The number of esters is 1. The number of pyridine rings is 1. The number of oxime groups is 1. The Kier molecular flexibility index (Phi) is 4.49.